The molecular weight excluding hydrogens is 346 g/mol. The van der Waals surface area contributed by atoms with E-state index in [2.05, 4.69) is 42.8 Å². The van der Waals surface area contributed by atoms with E-state index in [-0.39, 0.29) is 6.04 Å². The summed E-state index contributed by atoms with van der Waals surface area (Å²) in [6.07, 6.45) is 0.996. The minimum atomic E-state index is 0.167. The van der Waals surface area contributed by atoms with Gasteiger partial charge in [0.05, 0.1) is 0 Å². The van der Waals surface area contributed by atoms with Gasteiger partial charge in [-0.2, -0.15) is 0 Å². The molecule has 28 heavy (non-hydrogen) atoms. The third kappa shape index (κ3) is 3.68. The van der Waals surface area contributed by atoms with E-state index in [9.17, 15) is 0 Å². The number of hydrogen-bond acceptors (Lipinski definition) is 4. The lowest BCUT2D eigenvalue weighted by molar-refractivity contribution is 0.426. The van der Waals surface area contributed by atoms with Gasteiger partial charge in [-0.15, -0.1) is 0 Å². The highest BCUT2D eigenvalue weighted by Crippen LogP contribution is 2.32. The van der Waals surface area contributed by atoms with Gasteiger partial charge in [0.1, 0.15) is 17.3 Å². The van der Waals surface area contributed by atoms with Gasteiger partial charge >= 0.3 is 0 Å². The minimum Gasteiger partial charge on any atom is -0.457 e. The number of rotatable bonds is 5. The van der Waals surface area contributed by atoms with Gasteiger partial charge in [0.15, 0.2) is 0 Å². The van der Waals surface area contributed by atoms with Gasteiger partial charge in [-0.3, -0.25) is 4.99 Å². The Balaban J connectivity index is 1.44. The predicted octanol–water partition coefficient (Wildman–Crippen LogP) is 5.08. The second kappa shape index (κ2) is 7.93. The molecule has 0 saturated heterocycles. The van der Waals surface area contributed by atoms with Crippen LogP contribution < -0.4 is 10.1 Å². The molecule has 144 valence electrons. The highest BCUT2D eigenvalue weighted by atomic mass is 16.5. The molecule has 0 unspecified atom stereocenters. The van der Waals surface area contributed by atoms with Crippen molar-refractivity contribution in [2.24, 2.45) is 4.99 Å². The molecule has 2 aliphatic heterocycles. The fraction of sp³-hybridized carbons (Fsp3) is 0.292. The minimum absolute atomic E-state index is 0.167. The number of amidine groups is 1. The SMILES string of the molecule is C=C1C2=C(CN1CC)C(N[C@@H](C)c1ccc(Oc3ccccc3)cc1)=NCC2. The van der Waals surface area contributed by atoms with Crippen molar-refractivity contribution in [2.75, 3.05) is 19.6 Å². The zero-order valence-electron chi connectivity index (χ0n) is 16.6. The normalized spacial score (nSPS) is 17.3. The number of aliphatic imine (C=N–C) groups is 1. The lowest BCUT2D eigenvalue weighted by Gasteiger charge is -2.21. The molecule has 2 heterocycles. The Morgan fingerprint density at radius 2 is 1.79 bits per heavy atom. The summed E-state index contributed by atoms with van der Waals surface area (Å²) >= 11 is 0. The number of ether oxygens (including phenoxy) is 1. The number of nitrogens with zero attached hydrogens (tertiary/aromatic N) is 2. The van der Waals surface area contributed by atoms with Crippen molar-refractivity contribution in [3.05, 3.63) is 83.6 Å². The zero-order valence-corrected chi connectivity index (χ0v) is 16.6. The first kappa shape index (κ1) is 18.4. The lowest BCUT2D eigenvalue weighted by atomic mass is 10.0. The van der Waals surface area contributed by atoms with Crippen LogP contribution in [0.25, 0.3) is 0 Å². The largest absolute Gasteiger partial charge is 0.457 e. The van der Waals surface area contributed by atoms with E-state index in [1.807, 2.05) is 42.5 Å². The Morgan fingerprint density at radius 3 is 2.50 bits per heavy atom. The van der Waals surface area contributed by atoms with E-state index in [4.69, 9.17) is 9.73 Å². The van der Waals surface area contributed by atoms with Gasteiger partial charge in [0, 0.05) is 36.9 Å². The molecule has 4 heteroatoms. The molecule has 0 bridgehead atoms. The van der Waals surface area contributed by atoms with Gasteiger partial charge in [-0.1, -0.05) is 36.9 Å². The maximum atomic E-state index is 5.89. The summed E-state index contributed by atoms with van der Waals surface area (Å²) in [6.45, 7) is 11.3. The van der Waals surface area contributed by atoms with Crippen LogP contribution in [0.1, 0.15) is 31.9 Å². The number of allylic oxidation sites excluding steroid dienone is 1. The Kier molecular flexibility index (Phi) is 5.20. The molecule has 1 atom stereocenters. The molecule has 2 aromatic carbocycles. The number of para-hydroxylation sites is 1. The molecule has 0 aromatic heterocycles. The van der Waals surface area contributed by atoms with Crippen LogP contribution in [-0.2, 0) is 0 Å². The molecule has 4 nitrogen and oxygen atoms in total. The van der Waals surface area contributed by atoms with Gasteiger partial charge in [-0.25, -0.2) is 0 Å². The van der Waals surface area contributed by atoms with Crippen LogP contribution in [0.2, 0.25) is 0 Å². The fourth-order valence-corrected chi connectivity index (χ4v) is 3.81. The van der Waals surface area contributed by atoms with Crippen molar-refractivity contribution in [3.8, 4) is 11.5 Å². The highest BCUT2D eigenvalue weighted by Gasteiger charge is 2.29. The van der Waals surface area contributed by atoms with Crippen molar-refractivity contribution in [1.29, 1.82) is 0 Å². The highest BCUT2D eigenvalue weighted by molar-refractivity contribution is 6.01. The number of hydrogen-bond donors (Lipinski definition) is 1. The summed E-state index contributed by atoms with van der Waals surface area (Å²) in [6, 6.07) is 18.3. The average molecular weight is 374 g/mol. The lowest BCUT2D eigenvalue weighted by Crippen LogP contribution is -2.32. The monoisotopic (exact) mass is 373 g/mol. The molecule has 0 amide bonds. The van der Waals surface area contributed by atoms with Crippen LogP contribution in [0.5, 0.6) is 11.5 Å². The third-order valence-corrected chi connectivity index (χ3v) is 5.45. The van der Waals surface area contributed by atoms with E-state index in [1.54, 1.807) is 0 Å². The number of likely N-dealkylation sites (N-methyl/N-ethyl adjacent to an activating group) is 1. The number of nitrogens with one attached hydrogen (secondary N) is 1. The zero-order chi connectivity index (χ0) is 19.5. The van der Waals surface area contributed by atoms with Gasteiger partial charge in [0.2, 0.25) is 0 Å². The van der Waals surface area contributed by atoms with Crippen LogP contribution in [0.3, 0.4) is 0 Å². The Bertz CT molecular complexity index is 913. The smallest absolute Gasteiger partial charge is 0.127 e. The molecule has 4 rings (SSSR count). The quantitative estimate of drug-likeness (QED) is 0.794. The van der Waals surface area contributed by atoms with Crippen LogP contribution >= 0.6 is 0 Å². The average Bonchev–Trinajstić information content (AvgIpc) is 3.06. The van der Waals surface area contributed by atoms with Crippen LogP contribution in [0.4, 0.5) is 0 Å². The Hall–Kier alpha value is -3.01. The topological polar surface area (TPSA) is 36.9 Å². The van der Waals surface area contributed by atoms with Crippen molar-refractivity contribution in [3.63, 3.8) is 0 Å². The van der Waals surface area contributed by atoms with Crippen molar-refractivity contribution in [2.45, 2.75) is 26.3 Å². The molecule has 1 N–H and O–H groups in total. The van der Waals surface area contributed by atoms with Crippen molar-refractivity contribution in [1.82, 2.24) is 10.2 Å². The van der Waals surface area contributed by atoms with Gasteiger partial charge < -0.3 is 15.0 Å². The third-order valence-electron chi connectivity index (χ3n) is 5.45. The second-order valence-electron chi connectivity index (χ2n) is 7.25. The fourth-order valence-electron chi connectivity index (χ4n) is 3.81. The number of dihydropyridines is 1. The predicted molar refractivity (Wildman–Crippen MR) is 115 cm³/mol. The summed E-state index contributed by atoms with van der Waals surface area (Å²) < 4.78 is 5.89. The summed E-state index contributed by atoms with van der Waals surface area (Å²) in [5, 5.41) is 3.62. The maximum Gasteiger partial charge on any atom is 0.127 e. The summed E-state index contributed by atoms with van der Waals surface area (Å²) in [7, 11) is 0. The molecule has 0 aliphatic carbocycles. The first-order valence-electron chi connectivity index (χ1n) is 9.96. The van der Waals surface area contributed by atoms with Crippen molar-refractivity contribution < 1.29 is 4.74 Å². The maximum absolute atomic E-state index is 5.89. The molecule has 2 aromatic rings. The van der Waals surface area contributed by atoms with E-state index in [0.29, 0.717) is 0 Å². The first-order valence-corrected chi connectivity index (χ1v) is 9.96. The Morgan fingerprint density at radius 1 is 1.07 bits per heavy atom. The van der Waals surface area contributed by atoms with Crippen molar-refractivity contribution >= 4 is 5.84 Å². The van der Waals surface area contributed by atoms with Gasteiger partial charge in [0.25, 0.3) is 0 Å². The van der Waals surface area contributed by atoms with E-state index < -0.39 is 0 Å². The summed E-state index contributed by atoms with van der Waals surface area (Å²) in [5.74, 6) is 2.71. The molecule has 0 saturated carbocycles. The molecule has 0 fully saturated rings. The van der Waals surface area contributed by atoms with Gasteiger partial charge in [-0.05, 0) is 55.7 Å². The second-order valence-corrected chi connectivity index (χ2v) is 7.25. The van der Waals surface area contributed by atoms with E-state index in [1.165, 1.54) is 22.4 Å². The summed E-state index contributed by atoms with van der Waals surface area (Å²) in [4.78, 5) is 7.10. The van der Waals surface area contributed by atoms with E-state index >= 15 is 0 Å². The molecule has 2 aliphatic rings. The molecular formula is C24H27N3O. The number of benzene rings is 2. The Labute approximate surface area is 167 Å². The van der Waals surface area contributed by atoms with Crippen LogP contribution in [-0.4, -0.2) is 30.4 Å². The van der Waals surface area contributed by atoms with E-state index in [0.717, 1.165) is 43.4 Å². The summed E-state index contributed by atoms with van der Waals surface area (Å²) in [5.41, 5.74) is 5.06. The van der Waals surface area contributed by atoms with Crippen LogP contribution in [0.15, 0.2) is 83.0 Å². The first-order chi connectivity index (χ1) is 13.7. The standard InChI is InChI=1S/C24H27N3O/c1-4-27-16-23-22(18(27)3)14-15-25-24(23)26-17(2)19-10-12-21(13-11-19)28-20-8-6-5-7-9-20/h5-13,17H,3-4,14-16H2,1-2H3,(H,25,26)/t17-/m0/s1. The van der Waals surface area contributed by atoms with Crippen LogP contribution in [0, 0.1) is 0 Å². The molecule has 0 radical (unpaired) electrons. The molecule has 0 spiro atoms.